The van der Waals surface area contributed by atoms with Gasteiger partial charge < -0.3 is 9.30 Å². The zero-order valence-electron chi connectivity index (χ0n) is 17.1. The first-order valence-electron chi connectivity index (χ1n) is 10.00. The number of nitrogens with zero attached hydrogens (tertiary/aromatic N) is 3. The van der Waals surface area contributed by atoms with E-state index >= 15 is 0 Å². The second kappa shape index (κ2) is 9.54. The summed E-state index contributed by atoms with van der Waals surface area (Å²) in [4.78, 5) is 42.6. The minimum absolute atomic E-state index is 0.203. The monoisotopic (exact) mass is 491 g/mol. The van der Waals surface area contributed by atoms with Gasteiger partial charge in [-0.2, -0.15) is 4.99 Å². The first-order chi connectivity index (χ1) is 15.4. The van der Waals surface area contributed by atoms with E-state index in [9.17, 15) is 14.4 Å². The normalized spacial score (nSPS) is 14.7. The van der Waals surface area contributed by atoms with Gasteiger partial charge in [0, 0.05) is 36.6 Å². The Hall–Kier alpha value is -2.52. The van der Waals surface area contributed by atoms with Crippen molar-refractivity contribution in [3.63, 3.8) is 0 Å². The lowest BCUT2D eigenvalue weighted by Gasteiger charge is -2.13. The molecule has 0 unspecified atom stereocenters. The third kappa shape index (κ3) is 4.49. The lowest BCUT2D eigenvalue weighted by atomic mass is 10.2. The van der Waals surface area contributed by atoms with Crippen LogP contribution >= 0.6 is 34.5 Å². The average molecular weight is 492 g/mol. The van der Waals surface area contributed by atoms with Gasteiger partial charge in [0.25, 0.3) is 5.91 Å². The van der Waals surface area contributed by atoms with Gasteiger partial charge in [-0.3, -0.25) is 19.3 Å². The molecule has 0 bridgehead atoms. The van der Waals surface area contributed by atoms with Crippen LogP contribution in [0.2, 0.25) is 10.0 Å². The van der Waals surface area contributed by atoms with E-state index in [1.54, 1.807) is 36.4 Å². The highest BCUT2D eigenvalue weighted by atomic mass is 35.5. The molecule has 2 aromatic carbocycles. The van der Waals surface area contributed by atoms with Crippen LogP contribution in [0.5, 0.6) is 0 Å². The van der Waals surface area contributed by atoms with E-state index in [0.29, 0.717) is 45.9 Å². The molecule has 32 heavy (non-hydrogen) atoms. The van der Waals surface area contributed by atoms with Crippen LogP contribution in [0.15, 0.2) is 41.4 Å². The summed E-state index contributed by atoms with van der Waals surface area (Å²) in [6.07, 6.45) is 0.407. The Kier molecular flexibility index (Phi) is 6.76. The number of amides is 3. The van der Waals surface area contributed by atoms with Gasteiger partial charge in [0.05, 0.1) is 27.5 Å². The topological polar surface area (TPSA) is 81.0 Å². The summed E-state index contributed by atoms with van der Waals surface area (Å²) in [5.74, 6) is -0.931. The van der Waals surface area contributed by atoms with Gasteiger partial charge in [-0.25, -0.2) is 0 Å². The van der Waals surface area contributed by atoms with Crippen molar-refractivity contribution in [3.8, 4) is 0 Å². The number of benzene rings is 2. The molecule has 4 rings (SSSR count). The first kappa shape index (κ1) is 22.7. The van der Waals surface area contributed by atoms with Gasteiger partial charge in [0.15, 0.2) is 4.80 Å². The lowest BCUT2D eigenvalue weighted by molar-refractivity contribution is -0.121. The Morgan fingerprint density at radius 3 is 2.47 bits per heavy atom. The number of carbonyl (C=O) groups excluding carboxylic acids is 3. The minimum Gasteiger partial charge on any atom is -0.380 e. The predicted octanol–water partition coefficient (Wildman–Crippen LogP) is 4.44. The van der Waals surface area contributed by atoms with Crippen LogP contribution in [0.1, 0.15) is 30.1 Å². The summed E-state index contributed by atoms with van der Waals surface area (Å²) >= 11 is 13.9. The van der Waals surface area contributed by atoms with E-state index in [0.717, 1.165) is 15.1 Å². The molecule has 3 amide bonds. The number of anilines is 1. The van der Waals surface area contributed by atoms with Gasteiger partial charge in [-0.15, -0.1) is 0 Å². The van der Waals surface area contributed by atoms with E-state index in [2.05, 4.69) is 4.99 Å². The van der Waals surface area contributed by atoms with Gasteiger partial charge in [-0.1, -0.05) is 34.5 Å². The predicted molar refractivity (Wildman–Crippen MR) is 124 cm³/mol. The number of carbonyl (C=O) groups is 3. The van der Waals surface area contributed by atoms with Crippen molar-refractivity contribution in [2.75, 3.05) is 18.1 Å². The van der Waals surface area contributed by atoms with Gasteiger partial charge in [0.1, 0.15) is 0 Å². The number of ether oxygens (including phenoxy) is 1. The molecule has 0 N–H and O–H groups in total. The number of rotatable bonds is 6. The second-order valence-electron chi connectivity index (χ2n) is 7.05. The van der Waals surface area contributed by atoms with Crippen LogP contribution in [0.3, 0.4) is 0 Å². The van der Waals surface area contributed by atoms with Crippen molar-refractivity contribution >= 4 is 68.2 Å². The van der Waals surface area contributed by atoms with Crippen molar-refractivity contribution in [3.05, 3.63) is 56.8 Å². The number of halogens is 2. The minimum atomic E-state index is -0.449. The number of hydrogen-bond donors (Lipinski definition) is 0. The molecule has 3 aromatic rings. The fraction of sp³-hybridized carbons (Fsp3) is 0.273. The quantitative estimate of drug-likeness (QED) is 0.377. The van der Waals surface area contributed by atoms with Crippen LogP contribution in [0.4, 0.5) is 5.69 Å². The highest BCUT2D eigenvalue weighted by Gasteiger charge is 2.30. The molecule has 1 aliphatic rings. The molecule has 1 aromatic heterocycles. The maximum atomic E-state index is 12.9. The fourth-order valence-electron chi connectivity index (χ4n) is 3.49. The molecule has 2 heterocycles. The molecule has 0 radical (unpaired) electrons. The summed E-state index contributed by atoms with van der Waals surface area (Å²) in [5.41, 5.74) is 1.53. The Morgan fingerprint density at radius 2 is 1.81 bits per heavy atom. The lowest BCUT2D eigenvalue weighted by Crippen LogP contribution is -2.28. The first-order valence-corrected chi connectivity index (χ1v) is 11.6. The number of imide groups is 1. The number of fused-ring (bicyclic) bond motifs is 1. The van der Waals surface area contributed by atoms with E-state index in [1.165, 1.54) is 11.3 Å². The molecule has 7 nitrogen and oxygen atoms in total. The Balaban J connectivity index is 1.69. The molecule has 1 saturated heterocycles. The summed E-state index contributed by atoms with van der Waals surface area (Å²) in [5, 5.41) is 0.971. The molecule has 166 valence electrons. The molecule has 0 saturated carbocycles. The van der Waals surface area contributed by atoms with Crippen LogP contribution in [0.25, 0.3) is 10.2 Å². The van der Waals surface area contributed by atoms with E-state index in [-0.39, 0.29) is 24.7 Å². The van der Waals surface area contributed by atoms with Crippen molar-refractivity contribution < 1.29 is 19.1 Å². The largest absolute Gasteiger partial charge is 0.380 e. The van der Waals surface area contributed by atoms with Crippen molar-refractivity contribution in [1.82, 2.24) is 4.57 Å². The van der Waals surface area contributed by atoms with Crippen LogP contribution in [-0.2, 0) is 20.9 Å². The highest BCUT2D eigenvalue weighted by Crippen LogP contribution is 2.30. The summed E-state index contributed by atoms with van der Waals surface area (Å²) in [7, 11) is 0. The molecule has 10 heteroatoms. The Labute approximate surface area is 197 Å². The fourth-order valence-corrected chi connectivity index (χ4v) is 5.33. The SMILES string of the molecule is CCOCCn1c(=NC(=O)c2ccc(N3C(=O)CCC3=O)cc2)sc2cc(Cl)cc(Cl)c21. The third-order valence-electron chi connectivity index (χ3n) is 4.98. The summed E-state index contributed by atoms with van der Waals surface area (Å²) in [6.45, 7) is 3.39. The number of thiazole rings is 1. The Bertz CT molecular complexity index is 1260. The summed E-state index contributed by atoms with van der Waals surface area (Å²) in [6, 6.07) is 9.71. The smallest absolute Gasteiger partial charge is 0.279 e. The van der Waals surface area contributed by atoms with E-state index in [4.69, 9.17) is 27.9 Å². The van der Waals surface area contributed by atoms with Gasteiger partial charge in [0.2, 0.25) is 11.8 Å². The molecule has 1 fully saturated rings. The molecule has 0 aliphatic carbocycles. The molecule has 1 aliphatic heterocycles. The van der Waals surface area contributed by atoms with Crippen molar-refractivity contribution in [2.24, 2.45) is 4.99 Å². The third-order valence-corrected chi connectivity index (χ3v) is 6.51. The maximum Gasteiger partial charge on any atom is 0.279 e. The van der Waals surface area contributed by atoms with E-state index < -0.39 is 5.91 Å². The highest BCUT2D eigenvalue weighted by molar-refractivity contribution is 7.16. The number of hydrogen-bond acceptors (Lipinski definition) is 5. The maximum absolute atomic E-state index is 12.9. The zero-order valence-corrected chi connectivity index (χ0v) is 19.5. The van der Waals surface area contributed by atoms with Crippen molar-refractivity contribution in [2.45, 2.75) is 26.3 Å². The van der Waals surface area contributed by atoms with Crippen LogP contribution < -0.4 is 9.70 Å². The van der Waals surface area contributed by atoms with E-state index in [1.807, 2.05) is 11.5 Å². The van der Waals surface area contributed by atoms with Gasteiger partial charge >= 0.3 is 0 Å². The standard InChI is InChI=1S/C22H19Cl2N3O4S/c1-2-31-10-9-26-20-16(24)11-14(23)12-17(20)32-22(26)25-21(30)13-3-5-15(6-4-13)27-18(28)7-8-19(27)29/h3-6,11-12H,2,7-10H2,1H3. The molecular weight excluding hydrogens is 473 g/mol. The number of aromatic nitrogens is 1. The van der Waals surface area contributed by atoms with Crippen LogP contribution in [-0.4, -0.2) is 35.5 Å². The zero-order chi connectivity index (χ0) is 22.8. The molecular formula is C22H19Cl2N3O4S. The van der Waals surface area contributed by atoms with Gasteiger partial charge in [-0.05, 0) is 43.3 Å². The molecule has 0 atom stereocenters. The molecule has 0 spiro atoms. The Morgan fingerprint density at radius 1 is 1.12 bits per heavy atom. The van der Waals surface area contributed by atoms with Crippen LogP contribution in [0, 0.1) is 0 Å². The van der Waals surface area contributed by atoms with Crippen molar-refractivity contribution in [1.29, 1.82) is 0 Å². The second-order valence-corrected chi connectivity index (χ2v) is 8.91. The average Bonchev–Trinajstić information content (AvgIpc) is 3.27. The summed E-state index contributed by atoms with van der Waals surface area (Å²) < 4.78 is 8.13.